The Morgan fingerprint density at radius 2 is 2.25 bits per heavy atom. The number of phenols is 2. The van der Waals surface area contributed by atoms with Crippen LogP contribution in [-0.2, 0) is 11.3 Å². The standard InChI is InChI=1S/C13H16N4O3/c1-8(11-4-10(18)2-3-12(11)19)16-9-5-15-17(6-9)7-13(14)20/h2-6,8,16,18-19H,7H2,1H3,(H2,14,20). The third kappa shape index (κ3) is 3.19. The van der Waals surface area contributed by atoms with Gasteiger partial charge in [-0.3, -0.25) is 9.48 Å². The Bertz CT molecular complexity index is 624. The lowest BCUT2D eigenvalue weighted by Gasteiger charge is -2.15. The summed E-state index contributed by atoms with van der Waals surface area (Å²) in [6, 6.07) is 4.09. The Labute approximate surface area is 115 Å². The van der Waals surface area contributed by atoms with Gasteiger partial charge in [0.05, 0.1) is 17.9 Å². The molecule has 1 unspecified atom stereocenters. The molecule has 0 saturated heterocycles. The number of hydrogen-bond donors (Lipinski definition) is 4. The lowest BCUT2D eigenvalue weighted by Crippen LogP contribution is -2.18. The van der Waals surface area contributed by atoms with E-state index in [0.29, 0.717) is 11.3 Å². The molecular formula is C13H16N4O3. The van der Waals surface area contributed by atoms with Gasteiger partial charge < -0.3 is 21.3 Å². The highest BCUT2D eigenvalue weighted by molar-refractivity contribution is 5.73. The van der Waals surface area contributed by atoms with Gasteiger partial charge in [-0.2, -0.15) is 5.10 Å². The van der Waals surface area contributed by atoms with Gasteiger partial charge >= 0.3 is 0 Å². The fourth-order valence-corrected chi connectivity index (χ4v) is 1.90. The highest BCUT2D eigenvalue weighted by atomic mass is 16.3. The molecule has 106 valence electrons. The summed E-state index contributed by atoms with van der Waals surface area (Å²) in [5.74, 6) is -0.304. The Morgan fingerprint density at radius 3 is 2.95 bits per heavy atom. The summed E-state index contributed by atoms with van der Waals surface area (Å²) in [6.07, 6.45) is 3.19. The molecule has 1 heterocycles. The monoisotopic (exact) mass is 276 g/mol. The third-order valence-corrected chi connectivity index (χ3v) is 2.81. The third-order valence-electron chi connectivity index (χ3n) is 2.81. The van der Waals surface area contributed by atoms with E-state index in [1.165, 1.54) is 22.9 Å². The predicted octanol–water partition coefficient (Wildman–Crippen LogP) is 0.953. The van der Waals surface area contributed by atoms with Gasteiger partial charge in [0.15, 0.2) is 0 Å². The topological polar surface area (TPSA) is 113 Å². The molecule has 1 aromatic carbocycles. The molecule has 0 fully saturated rings. The number of carbonyl (C=O) groups excluding carboxylic acids is 1. The Kier molecular flexibility index (Phi) is 3.79. The Balaban J connectivity index is 2.11. The average Bonchev–Trinajstić information content (AvgIpc) is 2.78. The number of hydrogen-bond acceptors (Lipinski definition) is 5. The van der Waals surface area contributed by atoms with Gasteiger partial charge in [-0.05, 0) is 25.1 Å². The Morgan fingerprint density at radius 1 is 1.50 bits per heavy atom. The summed E-state index contributed by atoms with van der Waals surface area (Å²) in [5.41, 5.74) is 6.33. The van der Waals surface area contributed by atoms with Crippen LogP contribution in [-0.4, -0.2) is 25.9 Å². The van der Waals surface area contributed by atoms with Crippen LogP contribution >= 0.6 is 0 Å². The summed E-state index contributed by atoms with van der Waals surface area (Å²) in [6.45, 7) is 1.84. The van der Waals surface area contributed by atoms with Crippen molar-refractivity contribution in [1.29, 1.82) is 0 Å². The van der Waals surface area contributed by atoms with Gasteiger partial charge in [0.2, 0.25) is 5.91 Å². The van der Waals surface area contributed by atoms with Crippen molar-refractivity contribution in [2.24, 2.45) is 5.73 Å². The number of benzene rings is 1. The van der Waals surface area contributed by atoms with E-state index < -0.39 is 5.91 Å². The van der Waals surface area contributed by atoms with Crippen molar-refractivity contribution in [3.8, 4) is 11.5 Å². The van der Waals surface area contributed by atoms with Crippen LogP contribution in [0.15, 0.2) is 30.6 Å². The number of amides is 1. The zero-order valence-electron chi connectivity index (χ0n) is 10.9. The van der Waals surface area contributed by atoms with Crippen LogP contribution in [0, 0.1) is 0 Å². The van der Waals surface area contributed by atoms with Gasteiger partial charge in [0.25, 0.3) is 0 Å². The summed E-state index contributed by atoms with van der Waals surface area (Å²) in [5, 5.41) is 26.3. The number of carbonyl (C=O) groups is 1. The van der Waals surface area contributed by atoms with E-state index in [1.54, 1.807) is 12.4 Å². The highest BCUT2D eigenvalue weighted by Gasteiger charge is 2.12. The van der Waals surface area contributed by atoms with Gasteiger partial charge in [-0.1, -0.05) is 0 Å². The minimum atomic E-state index is -0.474. The molecule has 0 bridgehead atoms. The van der Waals surface area contributed by atoms with Crippen molar-refractivity contribution in [2.45, 2.75) is 19.5 Å². The molecule has 0 aliphatic rings. The minimum absolute atomic E-state index is 0.00738. The molecule has 20 heavy (non-hydrogen) atoms. The largest absolute Gasteiger partial charge is 0.508 e. The molecule has 1 atom stereocenters. The summed E-state index contributed by atoms with van der Waals surface area (Å²) < 4.78 is 1.42. The number of primary amides is 1. The molecule has 0 radical (unpaired) electrons. The van der Waals surface area contributed by atoms with E-state index in [0.717, 1.165) is 0 Å². The van der Waals surface area contributed by atoms with Crippen molar-refractivity contribution >= 4 is 11.6 Å². The van der Waals surface area contributed by atoms with Gasteiger partial charge in [0.1, 0.15) is 18.0 Å². The maximum Gasteiger partial charge on any atom is 0.239 e. The number of anilines is 1. The number of nitrogens with two attached hydrogens (primary N) is 1. The number of rotatable bonds is 5. The van der Waals surface area contributed by atoms with Crippen LogP contribution in [0.3, 0.4) is 0 Å². The van der Waals surface area contributed by atoms with Crippen molar-refractivity contribution in [3.63, 3.8) is 0 Å². The molecule has 2 aromatic rings. The molecule has 0 aliphatic heterocycles. The molecule has 5 N–H and O–H groups in total. The van der Waals surface area contributed by atoms with E-state index >= 15 is 0 Å². The van der Waals surface area contributed by atoms with Crippen LogP contribution in [0.2, 0.25) is 0 Å². The van der Waals surface area contributed by atoms with Gasteiger partial charge in [-0.15, -0.1) is 0 Å². The second kappa shape index (κ2) is 5.52. The van der Waals surface area contributed by atoms with Crippen LogP contribution < -0.4 is 11.1 Å². The van der Waals surface area contributed by atoms with E-state index in [-0.39, 0.29) is 24.1 Å². The normalized spacial score (nSPS) is 12.1. The molecule has 7 nitrogen and oxygen atoms in total. The quantitative estimate of drug-likeness (QED) is 0.607. The van der Waals surface area contributed by atoms with Crippen LogP contribution in [0.5, 0.6) is 11.5 Å². The smallest absolute Gasteiger partial charge is 0.239 e. The highest BCUT2D eigenvalue weighted by Crippen LogP contribution is 2.29. The summed E-state index contributed by atoms with van der Waals surface area (Å²) in [4.78, 5) is 10.8. The number of nitrogens with zero attached hydrogens (tertiary/aromatic N) is 2. The lowest BCUT2D eigenvalue weighted by molar-refractivity contribution is -0.118. The first-order chi connectivity index (χ1) is 9.45. The average molecular weight is 276 g/mol. The lowest BCUT2D eigenvalue weighted by atomic mass is 10.1. The van der Waals surface area contributed by atoms with Crippen molar-refractivity contribution in [1.82, 2.24) is 9.78 Å². The number of phenolic OH excluding ortho intramolecular Hbond substituents is 2. The van der Waals surface area contributed by atoms with Crippen molar-refractivity contribution in [2.75, 3.05) is 5.32 Å². The van der Waals surface area contributed by atoms with Crippen LogP contribution in [0.4, 0.5) is 5.69 Å². The maximum absolute atomic E-state index is 10.8. The molecule has 1 amide bonds. The Hall–Kier alpha value is -2.70. The van der Waals surface area contributed by atoms with Gasteiger partial charge in [0, 0.05) is 11.8 Å². The second-order valence-electron chi connectivity index (χ2n) is 4.50. The van der Waals surface area contributed by atoms with E-state index in [2.05, 4.69) is 10.4 Å². The van der Waals surface area contributed by atoms with Crippen molar-refractivity contribution in [3.05, 3.63) is 36.2 Å². The van der Waals surface area contributed by atoms with E-state index in [1.807, 2.05) is 6.92 Å². The number of aromatic nitrogens is 2. The van der Waals surface area contributed by atoms with Crippen LogP contribution in [0.25, 0.3) is 0 Å². The minimum Gasteiger partial charge on any atom is -0.508 e. The fourth-order valence-electron chi connectivity index (χ4n) is 1.90. The first-order valence-corrected chi connectivity index (χ1v) is 6.05. The summed E-state index contributed by atoms with van der Waals surface area (Å²) in [7, 11) is 0. The SMILES string of the molecule is CC(Nc1cnn(CC(N)=O)c1)c1cc(O)ccc1O. The molecule has 2 rings (SSSR count). The van der Waals surface area contributed by atoms with Gasteiger partial charge in [-0.25, -0.2) is 0 Å². The fraction of sp³-hybridized carbons (Fsp3) is 0.231. The van der Waals surface area contributed by atoms with E-state index in [4.69, 9.17) is 5.73 Å². The molecule has 7 heteroatoms. The van der Waals surface area contributed by atoms with Crippen molar-refractivity contribution < 1.29 is 15.0 Å². The predicted molar refractivity (Wildman–Crippen MR) is 73.2 cm³/mol. The molecule has 1 aromatic heterocycles. The first-order valence-electron chi connectivity index (χ1n) is 6.05. The molecule has 0 aliphatic carbocycles. The molecule has 0 spiro atoms. The molecular weight excluding hydrogens is 260 g/mol. The maximum atomic E-state index is 10.8. The number of nitrogens with one attached hydrogen (secondary N) is 1. The van der Waals surface area contributed by atoms with Crippen LogP contribution in [0.1, 0.15) is 18.5 Å². The summed E-state index contributed by atoms with van der Waals surface area (Å²) >= 11 is 0. The zero-order valence-corrected chi connectivity index (χ0v) is 10.9. The second-order valence-corrected chi connectivity index (χ2v) is 4.50. The van der Waals surface area contributed by atoms with E-state index in [9.17, 15) is 15.0 Å². The molecule has 0 saturated carbocycles. The zero-order chi connectivity index (χ0) is 14.7. The number of aromatic hydroxyl groups is 2. The first kappa shape index (κ1) is 13.7.